The molecule has 8 nitrogen and oxygen atoms in total. The lowest BCUT2D eigenvalue weighted by molar-refractivity contribution is 0.00917. The number of hydrogen-bond acceptors (Lipinski definition) is 7. The maximum atomic E-state index is 13.5. The zero-order valence-electron chi connectivity index (χ0n) is 17.0. The molecule has 32 heavy (non-hydrogen) atoms. The summed E-state index contributed by atoms with van der Waals surface area (Å²) in [5.41, 5.74) is 1.91. The minimum atomic E-state index is -0.559. The molecule has 1 amide bonds. The van der Waals surface area contributed by atoms with E-state index in [2.05, 4.69) is 20.6 Å². The van der Waals surface area contributed by atoms with Crippen LogP contribution >= 0.6 is 0 Å². The number of benzene rings is 2. The number of para-hydroxylation sites is 1. The molecule has 0 unspecified atom stereocenters. The zero-order valence-corrected chi connectivity index (χ0v) is 17.0. The normalized spacial score (nSPS) is 24.0. The van der Waals surface area contributed by atoms with Gasteiger partial charge in [-0.25, -0.2) is 19.2 Å². The SMILES string of the molecule is O=C(Nc1ccccc1)O[C@H]1CO[C@@H]2[C@@H]1OC[C@@H]2Nc1nccc(-c2cccc(F)c2)n1. The molecule has 2 N–H and O–H groups in total. The van der Waals surface area contributed by atoms with Gasteiger partial charge in [-0.05, 0) is 30.3 Å². The number of carbonyl (C=O) groups is 1. The summed E-state index contributed by atoms with van der Waals surface area (Å²) >= 11 is 0. The van der Waals surface area contributed by atoms with Gasteiger partial charge in [0.05, 0.1) is 24.9 Å². The Bertz CT molecular complexity index is 1100. The molecule has 0 aliphatic carbocycles. The van der Waals surface area contributed by atoms with E-state index in [1.165, 1.54) is 12.1 Å². The van der Waals surface area contributed by atoms with Crippen molar-refractivity contribution in [1.82, 2.24) is 9.97 Å². The maximum Gasteiger partial charge on any atom is 0.412 e. The topological polar surface area (TPSA) is 94.6 Å². The molecule has 0 spiro atoms. The van der Waals surface area contributed by atoms with Gasteiger partial charge in [-0.1, -0.05) is 30.3 Å². The number of aromatic nitrogens is 2. The quantitative estimate of drug-likeness (QED) is 0.632. The first-order valence-corrected chi connectivity index (χ1v) is 10.3. The summed E-state index contributed by atoms with van der Waals surface area (Å²) in [6, 6.07) is 16.8. The molecule has 0 bridgehead atoms. The Morgan fingerprint density at radius 3 is 2.72 bits per heavy atom. The van der Waals surface area contributed by atoms with Crippen LogP contribution in [0.15, 0.2) is 66.9 Å². The van der Waals surface area contributed by atoms with Gasteiger partial charge in [0.25, 0.3) is 0 Å². The molecule has 1 aromatic heterocycles. The summed E-state index contributed by atoms with van der Waals surface area (Å²) in [6.07, 6.45) is -0.170. The lowest BCUT2D eigenvalue weighted by Gasteiger charge is -2.18. The summed E-state index contributed by atoms with van der Waals surface area (Å²) in [5.74, 6) is 0.0557. The van der Waals surface area contributed by atoms with Crippen LogP contribution in [0.1, 0.15) is 0 Å². The van der Waals surface area contributed by atoms with E-state index in [0.717, 1.165) is 0 Å². The van der Waals surface area contributed by atoms with Crippen LogP contribution in [-0.2, 0) is 14.2 Å². The van der Waals surface area contributed by atoms with Gasteiger partial charge in [0.1, 0.15) is 18.0 Å². The van der Waals surface area contributed by atoms with Gasteiger partial charge in [0.2, 0.25) is 5.95 Å². The Morgan fingerprint density at radius 1 is 1.03 bits per heavy atom. The Morgan fingerprint density at radius 2 is 1.88 bits per heavy atom. The van der Waals surface area contributed by atoms with Crippen molar-refractivity contribution in [3.63, 3.8) is 0 Å². The molecule has 2 aromatic carbocycles. The second kappa shape index (κ2) is 8.89. The standard InChI is InChI=1S/C23H21FN4O4/c24-15-6-4-5-14(11-15)17-9-10-25-22(27-17)28-18-12-30-21-19(13-31-20(18)21)32-23(29)26-16-7-2-1-3-8-16/h1-11,18-21H,12-13H2,(H,26,29)(H,25,27,28)/t18-,19-,20-,21+/m0/s1. The van der Waals surface area contributed by atoms with Crippen LogP contribution < -0.4 is 10.6 Å². The Kier molecular flexibility index (Phi) is 5.66. The van der Waals surface area contributed by atoms with Crippen LogP contribution in [0, 0.1) is 5.82 Å². The Labute approximate surface area is 183 Å². The van der Waals surface area contributed by atoms with Gasteiger partial charge >= 0.3 is 6.09 Å². The van der Waals surface area contributed by atoms with Crippen molar-refractivity contribution in [3.8, 4) is 11.3 Å². The second-order valence-electron chi connectivity index (χ2n) is 7.56. The molecular weight excluding hydrogens is 415 g/mol. The summed E-state index contributed by atoms with van der Waals surface area (Å²) < 4.78 is 30.8. The number of halogens is 1. The zero-order chi connectivity index (χ0) is 21.9. The fourth-order valence-corrected chi connectivity index (χ4v) is 3.90. The number of amides is 1. The first-order chi connectivity index (χ1) is 15.7. The summed E-state index contributed by atoms with van der Waals surface area (Å²) in [7, 11) is 0. The lowest BCUT2D eigenvalue weighted by atomic mass is 10.1. The van der Waals surface area contributed by atoms with E-state index in [-0.39, 0.29) is 30.7 Å². The third kappa shape index (κ3) is 4.39. The highest BCUT2D eigenvalue weighted by Gasteiger charge is 2.49. The van der Waals surface area contributed by atoms with Gasteiger partial charge in [-0.15, -0.1) is 0 Å². The molecule has 3 heterocycles. The lowest BCUT2D eigenvalue weighted by Crippen LogP contribution is -2.38. The highest BCUT2D eigenvalue weighted by molar-refractivity contribution is 5.84. The first-order valence-electron chi connectivity index (χ1n) is 10.3. The van der Waals surface area contributed by atoms with Crippen molar-refractivity contribution in [1.29, 1.82) is 0 Å². The minimum Gasteiger partial charge on any atom is -0.441 e. The van der Waals surface area contributed by atoms with Crippen LogP contribution in [0.5, 0.6) is 0 Å². The summed E-state index contributed by atoms with van der Waals surface area (Å²) in [5, 5.41) is 5.92. The van der Waals surface area contributed by atoms with E-state index in [0.29, 0.717) is 29.5 Å². The van der Waals surface area contributed by atoms with E-state index >= 15 is 0 Å². The van der Waals surface area contributed by atoms with Crippen molar-refractivity contribution in [2.24, 2.45) is 0 Å². The third-order valence-electron chi connectivity index (χ3n) is 5.38. The van der Waals surface area contributed by atoms with Crippen LogP contribution in [-0.4, -0.2) is 53.6 Å². The maximum absolute atomic E-state index is 13.5. The Hall–Kier alpha value is -3.56. The number of anilines is 2. The van der Waals surface area contributed by atoms with Crippen LogP contribution in [0.4, 0.5) is 20.8 Å². The molecule has 9 heteroatoms. The highest BCUT2D eigenvalue weighted by Crippen LogP contribution is 2.30. The number of nitrogens with one attached hydrogen (secondary N) is 2. The van der Waals surface area contributed by atoms with Crippen molar-refractivity contribution < 1.29 is 23.4 Å². The van der Waals surface area contributed by atoms with Crippen LogP contribution in [0.25, 0.3) is 11.3 Å². The van der Waals surface area contributed by atoms with E-state index < -0.39 is 12.2 Å². The van der Waals surface area contributed by atoms with E-state index in [1.807, 2.05) is 18.2 Å². The number of carbonyl (C=O) groups excluding carboxylic acids is 1. The fraction of sp³-hybridized carbons (Fsp3) is 0.261. The van der Waals surface area contributed by atoms with Crippen molar-refractivity contribution in [3.05, 3.63) is 72.7 Å². The molecule has 3 aromatic rings. The average molecular weight is 436 g/mol. The fourth-order valence-electron chi connectivity index (χ4n) is 3.90. The molecule has 2 aliphatic heterocycles. The number of nitrogens with zero attached hydrogens (tertiary/aromatic N) is 2. The van der Waals surface area contributed by atoms with Gasteiger partial charge < -0.3 is 19.5 Å². The van der Waals surface area contributed by atoms with Crippen LogP contribution in [0.2, 0.25) is 0 Å². The highest BCUT2D eigenvalue weighted by atomic mass is 19.1. The van der Waals surface area contributed by atoms with Crippen molar-refractivity contribution in [2.75, 3.05) is 23.8 Å². The smallest absolute Gasteiger partial charge is 0.412 e. The largest absolute Gasteiger partial charge is 0.441 e. The predicted octanol–water partition coefficient (Wildman–Crippen LogP) is 3.48. The van der Waals surface area contributed by atoms with E-state index in [1.54, 1.807) is 36.5 Å². The van der Waals surface area contributed by atoms with Gasteiger partial charge in [0, 0.05) is 17.4 Å². The molecule has 2 saturated heterocycles. The molecular formula is C23H21FN4O4. The minimum absolute atomic E-state index is 0.214. The molecule has 2 fully saturated rings. The van der Waals surface area contributed by atoms with Gasteiger partial charge in [0.15, 0.2) is 6.10 Å². The van der Waals surface area contributed by atoms with Crippen molar-refractivity contribution in [2.45, 2.75) is 24.4 Å². The molecule has 0 saturated carbocycles. The number of hydrogen-bond donors (Lipinski definition) is 2. The monoisotopic (exact) mass is 436 g/mol. The van der Waals surface area contributed by atoms with Gasteiger partial charge in [-0.2, -0.15) is 0 Å². The summed E-state index contributed by atoms with van der Waals surface area (Å²) in [6.45, 7) is 0.586. The predicted molar refractivity (Wildman–Crippen MR) is 115 cm³/mol. The number of ether oxygens (including phenoxy) is 3. The van der Waals surface area contributed by atoms with Crippen LogP contribution in [0.3, 0.4) is 0 Å². The Balaban J connectivity index is 1.21. The summed E-state index contributed by atoms with van der Waals surface area (Å²) in [4.78, 5) is 21.0. The molecule has 2 aliphatic rings. The molecule has 0 radical (unpaired) electrons. The molecule has 164 valence electrons. The van der Waals surface area contributed by atoms with Crippen molar-refractivity contribution >= 4 is 17.7 Å². The van der Waals surface area contributed by atoms with E-state index in [9.17, 15) is 9.18 Å². The second-order valence-corrected chi connectivity index (χ2v) is 7.56. The number of fused-ring (bicyclic) bond motifs is 1. The average Bonchev–Trinajstić information content (AvgIpc) is 3.38. The molecule has 5 rings (SSSR count). The third-order valence-corrected chi connectivity index (χ3v) is 5.38. The number of rotatable bonds is 5. The molecule has 4 atom stereocenters. The van der Waals surface area contributed by atoms with E-state index in [4.69, 9.17) is 14.2 Å². The van der Waals surface area contributed by atoms with Gasteiger partial charge in [-0.3, -0.25) is 5.32 Å². The first kappa shape index (κ1) is 20.3.